The average molecular weight is 334 g/mol. The van der Waals surface area contributed by atoms with Gasteiger partial charge in [0.2, 0.25) is 0 Å². The van der Waals surface area contributed by atoms with Crippen molar-refractivity contribution in [1.29, 1.82) is 0 Å². The van der Waals surface area contributed by atoms with Crippen molar-refractivity contribution in [3.05, 3.63) is 70.2 Å². The molecule has 0 bridgehead atoms. The normalized spacial score (nSPS) is 12.8. The number of nitrogens with zero attached hydrogens (tertiary/aromatic N) is 2. The molecule has 1 aromatic carbocycles. The molecule has 0 radical (unpaired) electrons. The molecule has 3 nitrogen and oxygen atoms in total. The van der Waals surface area contributed by atoms with Crippen LogP contribution in [0.15, 0.2) is 53.3 Å². The Morgan fingerprint density at radius 2 is 2.15 bits per heavy atom. The van der Waals surface area contributed by atoms with Crippen LogP contribution in [0, 0.1) is 5.82 Å². The smallest absolute Gasteiger partial charge is 0.127 e. The number of benzene rings is 1. The van der Waals surface area contributed by atoms with Crippen LogP contribution in [0.2, 0.25) is 0 Å². The molecule has 1 atom stereocenters. The van der Waals surface area contributed by atoms with Gasteiger partial charge in [0.1, 0.15) is 5.82 Å². The predicted octanol–water partition coefficient (Wildman–Crippen LogP) is 3.48. The summed E-state index contributed by atoms with van der Waals surface area (Å²) in [5.41, 5.74) is 8.70. The molecule has 1 unspecified atom stereocenters. The Morgan fingerprint density at radius 1 is 1.30 bits per heavy atom. The third-order valence-corrected chi connectivity index (χ3v) is 3.80. The standard InChI is InChI=1S/C15H13BrFN3/c16-11-5-4-10(13(17)8-11)7-14(18)12-9-19-20-6-2-1-3-15(12)20/h1-6,8-9,14H,7,18H2. The first-order valence-corrected chi connectivity index (χ1v) is 7.06. The zero-order chi connectivity index (χ0) is 14.1. The molecule has 2 N–H and O–H groups in total. The Balaban J connectivity index is 1.91. The van der Waals surface area contributed by atoms with Crippen LogP contribution in [-0.2, 0) is 6.42 Å². The fourth-order valence-electron chi connectivity index (χ4n) is 2.27. The lowest BCUT2D eigenvalue weighted by molar-refractivity contribution is 0.593. The second-order valence-electron chi connectivity index (χ2n) is 4.68. The van der Waals surface area contributed by atoms with Gasteiger partial charge in [-0.2, -0.15) is 5.10 Å². The molecule has 2 aromatic heterocycles. The predicted molar refractivity (Wildman–Crippen MR) is 79.9 cm³/mol. The van der Waals surface area contributed by atoms with Gasteiger partial charge in [0.05, 0.1) is 11.7 Å². The van der Waals surface area contributed by atoms with Crippen LogP contribution in [0.3, 0.4) is 0 Å². The van der Waals surface area contributed by atoms with Gasteiger partial charge in [-0.15, -0.1) is 0 Å². The lowest BCUT2D eigenvalue weighted by atomic mass is 10.0. The van der Waals surface area contributed by atoms with E-state index in [1.54, 1.807) is 16.8 Å². The number of hydrogen-bond donors (Lipinski definition) is 1. The first kappa shape index (κ1) is 13.3. The molecule has 0 saturated carbocycles. The van der Waals surface area contributed by atoms with Gasteiger partial charge in [0.15, 0.2) is 0 Å². The number of nitrogens with two attached hydrogens (primary N) is 1. The summed E-state index contributed by atoms with van der Waals surface area (Å²) in [5.74, 6) is -0.244. The van der Waals surface area contributed by atoms with Gasteiger partial charge >= 0.3 is 0 Å². The van der Waals surface area contributed by atoms with Crippen molar-refractivity contribution in [3.63, 3.8) is 0 Å². The van der Waals surface area contributed by atoms with Crippen molar-refractivity contribution < 1.29 is 4.39 Å². The molecule has 5 heteroatoms. The van der Waals surface area contributed by atoms with E-state index in [-0.39, 0.29) is 11.9 Å². The molecule has 2 heterocycles. The fourth-order valence-corrected chi connectivity index (χ4v) is 2.61. The molecule has 3 aromatic rings. The highest BCUT2D eigenvalue weighted by atomic mass is 79.9. The molecule has 0 saturated heterocycles. The fraction of sp³-hybridized carbons (Fsp3) is 0.133. The van der Waals surface area contributed by atoms with Crippen molar-refractivity contribution in [1.82, 2.24) is 9.61 Å². The Morgan fingerprint density at radius 3 is 2.95 bits per heavy atom. The van der Waals surface area contributed by atoms with Gasteiger partial charge in [-0.1, -0.05) is 28.1 Å². The zero-order valence-corrected chi connectivity index (χ0v) is 12.2. The van der Waals surface area contributed by atoms with Crippen molar-refractivity contribution in [3.8, 4) is 0 Å². The van der Waals surface area contributed by atoms with Gasteiger partial charge in [-0.05, 0) is 36.2 Å². The van der Waals surface area contributed by atoms with Gasteiger partial charge in [0.25, 0.3) is 0 Å². The van der Waals surface area contributed by atoms with Crippen LogP contribution in [0.4, 0.5) is 4.39 Å². The number of pyridine rings is 1. The molecule has 3 rings (SSSR count). The van der Waals surface area contributed by atoms with Crippen LogP contribution >= 0.6 is 15.9 Å². The van der Waals surface area contributed by atoms with Gasteiger partial charge in [0, 0.05) is 22.3 Å². The van der Waals surface area contributed by atoms with E-state index in [4.69, 9.17) is 5.73 Å². The zero-order valence-electron chi connectivity index (χ0n) is 10.6. The second-order valence-corrected chi connectivity index (χ2v) is 5.59. The summed E-state index contributed by atoms with van der Waals surface area (Å²) in [7, 11) is 0. The molecule has 0 aliphatic rings. The quantitative estimate of drug-likeness (QED) is 0.797. The molecule has 102 valence electrons. The Labute approximate surface area is 124 Å². The summed E-state index contributed by atoms with van der Waals surface area (Å²) in [5, 5.41) is 4.25. The number of aromatic nitrogens is 2. The van der Waals surface area contributed by atoms with Crippen LogP contribution in [0.25, 0.3) is 5.52 Å². The maximum absolute atomic E-state index is 13.9. The number of halogens is 2. The third-order valence-electron chi connectivity index (χ3n) is 3.31. The Hall–Kier alpha value is -1.72. The average Bonchev–Trinajstić information content (AvgIpc) is 2.86. The maximum Gasteiger partial charge on any atom is 0.127 e. The highest BCUT2D eigenvalue weighted by molar-refractivity contribution is 9.10. The summed E-state index contributed by atoms with van der Waals surface area (Å²) >= 11 is 3.25. The molecule has 0 amide bonds. The molecule has 0 spiro atoms. The van der Waals surface area contributed by atoms with E-state index in [9.17, 15) is 4.39 Å². The molecule has 0 aliphatic carbocycles. The molecular weight excluding hydrogens is 321 g/mol. The van der Waals surface area contributed by atoms with Crippen LogP contribution < -0.4 is 5.73 Å². The van der Waals surface area contributed by atoms with Crippen molar-refractivity contribution in [2.75, 3.05) is 0 Å². The summed E-state index contributed by atoms with van der Waals surface area (Å²) in [6.45, 7) is 0. The van der Waals surface area contributed by atoms with E-state index < -0.39 is 0 Å². The minimum atomic E-state index is -0.287. The van der Waals surface area contributed by atoms with Gasteiger partial charge in [-0.3, -0.25) is 0 Å². The van der Waals surface area contributed by atoms with E-state index in [0.717, 1.165) is 15.6 Å². The molecular formula is C15H13BrFN3. The molecule has 0 aliphatic heterocycles. The summed E-state index contributed by atoms with van der Waals surface area (Å²) in [6.07, 6.45) is 4.05. The first-order chi connectivity index (χ1) is 9.65. The third kappa shape index (κ3) is 2.46. The van der Waals surface area contributed by atoms with E-state index in [0.29, 0.717) is 12.0 Å². The summed E-state index contributed by atoms with van der Waals surface area (Å²) in [4.78, 5) is 0. The first-order valence-electron chi connectivity index (χ1n) is 6.27. The van der Waals surface area contributed by atoms with E-state index in [1.165, 1.54) is 6.07 Å². The second kappa shape index (κ2) is 5.34. The maximum atomic E-state index is 13.9. The Bertz CT molecular complexity index is 754. The minimum Gasteiger partial charge on any atom is -0.324 e. The van der Waals surface area contributed by atoms with Gasteiger partial charge < -0.3 is 5.73 Å². The van der Waals surface area contributed by atoms with Gasteiger partial charge in [-0.25, -0.2) is 8.91 Å². The van der Waals surface area contributed by atoms with Crippen molar-refractivity contribution in [2.24, 2.45) is 5.73 Å². The lowest BCUT2D eigenvalue weighted by Gasteiger charge is -2.11. The minimum absolute atomic E-state index is 0.244. The van der Waals surface area contributed by atoms with E-state index in [2.05, 4.69) is 21.0 Å². The topological polar surface area (TPSA) is 43.3 Å². The van der Waals surface area contributed by atoms with E-state index in [1.807, 2.05) is 30.5 Å². The molecule has 20 heavy (non-hydrogen) atoms. The number of rotatable bonds is 3. The van der Waals surface area contributed by atoms with Crippen LogP contribution in [-0.4, -0.2) is 9.61 Å². The van der Waals surface area contributed by atoms with E-state index >= 15 is 0 Å². The summed E-state index contributed by atoms with van der Waals surface area (Å²) in [6, 6.07) is 10.5. The lowest BCUT2D eigenvalue weighted by Crippen LogP contribution is -2.14. The van der Waals surface area contributed by atoms with Crippen LogP contribution in [0.5, 0.6) is 0 Å². The monoisotopic (exact) mass is 333 g/mol. The Kier molecular flexibility index (Phi) is 3.54. The highest BCUT2D eigenvalue weighted by Crippen LogP contribution is 2.23. The number of hydrogen-bond acceptors (Lipinski definition) is 2. The molecule has 0 fully saturated rings. The summed E-state index contributed by atoms with van der Waals surface area (Å²) < 4.78 is 16.4. The van der Waals surface area contributed by atoms with Crippen LogP contribution in [0.1, 0.15) is 17.2 Å². The van der Waals surface area contributed by atoms with Crippen molar-refractivity contribution >= 4 is 21.4 Å². The number of fused-ring (bicyclic) bond motifs is 1. The SMILES string of the molecule is NC(Cc1ccc(Br)cc1F)c1cnn2ccccc12. The largest absolute Gasteiger partial charge is 0.324 e. The highest BCUT2D eigenvalue weighted by Gasteiger charge is 2.14. The van der Waals surface area contributed by atoms with Crippen molar-refractivity contribution in [2.45, 2.75) is 12.5 Å².